The standard InChI is InChI=1S/C32H37N3O3/c1-34(2)29-18-14-26(15-19-29)25-10-7-24(8-11-25)22-35(32(37)27-12-16-28(33)17-13-27)30-6-4-5-23(21-30)9-20-31(36)38-3/h4-11,14-15,18-21,27-28H,12-13,16-17,22,33H2,1-3H3/b20-9+/t27-,28-. The van der Waals surface area contributed by atoms with Crippen LogP contribution in [0.3, 0.4) is 0 Å². The Bertz CT molecular complexity index is 1260. The van der Waals surface area contributed by atoms with Crippen LogP contribution in [0.2, 0.25) is 0 Å². The van der Waals surface area contributed by atoms with Gasteiger partial charge in [0, 0.05) is 43.5 Å². The third-order valence-electron chi connectivity index (χ3n) is 7.19. The smallest absolute Gasteiger partial charge is 0.330 e. The predicted octanol–water partition coefficient (Wildman–Crippen LogP) is 5.66. The van der Waals surface area contributed by atoms with Gasteiger partial charge in [0.25, 0.3) is 0 Å². The van der Waals surface area contributed by atoms with Crippen molar-refractivity contribution in [2.24, 2.45) is 11.7 Å². The largest absolute Gasteiger partial charge is 0.466 e. The van der Waals surface area contributed by atoms with Crippen molar-refractivity contribution in [1.82, 2.24) is 0 Å². The Balaban J connectivity index is 1.58. The molecule has 1 saturated carbocycles. The molecule has 1 fully saturated rings. The van der Waals surface area contributed by atoms with Gasteiger partial charge in [0.1, 0.15) is 0 Å². The van der Waals surface area contributed by atoms with Crippen LogP contribution in [0.25, 0.3) is 17.2 Å². The van der Waals surface area contributed by atoms with Crippen molar-refractivity contribution >= 4 is 29.3 Å². The van der Waals surface area contributed by atoms with Gasteiger partial charge in [-0.2, -0.15) is 0 Å². The highest BCUT2D eigenvalue weighted by Gasteiger charge is 2.29. The Morgan fingerprint density at radius 3 is 2.13 bits per heavy atom. The van der Waals surface area contributed by atoms with Gasteiger partial charge in [0.2, 0.25) is 5.91 Å². The summed E-state index contributed by atoms with van der Waals surface area (Å²) in [5.74, 6) is -0.341. The minimum absolute atomic E-state index is 0.0430. The second-order valence-corrected chi connectivity index (χ2v) is 10.1. The Labute approximate surface area is 225 Å². The van der Waals surface area contributed by atoms with Crippen LogP contribution >= 0.6 is 0 Å². The van der Waals surface area contributed by atoms with E-state index in [1.54, 1.807) is 6.08 Å². The molecule has 0 aromatic heterocycles. The maximum atomic E-state index is 13.8. The molecular weight excluding hydrogens is 474 g/mol. The van der Waals surface area contributed by atoms with E-state index in [1.165, 1.54) is 13.2 Å². The molecule has 0 heterocycles. The van der Waals surface area contributed by atoms with Crippen LogP contribution in [-0.4, -0.2) is 39.1 Å². The fraction of sp³-hybridized carbons (Fsp3) is 0.312. The molecule has 0 bridgehead atoms. The van der Waals surface area contributed by atoms with Gasteiger partial charge < -0.3 is 20.3 Å². The van der Waals surface area contributed by atoms with Gasteiger partial charge in [-0.15, -0.1) is 0 Å². The number of hydrogen-bond donors (Lipinski definition) is 1. The molecule has 0 aliphatic heterocycles. The van der Waals surface area contributed by atoms with Crippen LogP contribution in [0.15, 0.2) is 78.9 Å². The number of esters is 1. The first-order valence-corrected chi connectivity index (χ1v) is 13.1. The number of benzene rings is 3. The van der Waals surface area contributed by atoms with Crippen LogP contribution in [-0.2, 0) is 20.9 Å². The molecule has 0 saturated heterocycles. The molecule has 3 aromatic carbocycles. The molecule has 6 heteroatoms. The van der Waals surface area contributed by atoms with E-state index in [4.69, 9.17) is 10.5 Å². The lowest BCUT2D eigenvalue weighted by Crippen LogP contribution is -2.39. The molecule has 1 amide bonds. The first-order chi connectivity index (χ1) is 18.3. The maximum absolute atomic E-state index is 13.8. The summed E-state index contributed by atoms with van der Waals surface area (Å²) in [6.45, 7) is 0.464. The van der Waals surface area contributed by atoms with Crippen LogP contribution in [0.4, 0.5) is 11.4 Å². The van der Waals surface area contributed by atoms with Gasteiger partial charge in [-0.3, -0.25) is 4.79 Å². The van der Waals surface area contributed by atoms with E-state index in [9.17, 15) is 9.59 Å². The fourth-order valence-corrected chi connectivity index (χ4v) is 4.85. The number of ether oxygens (including phenoxy) is 1. The monoisotopic (exact) mass is 511 g/mol. The van der Waals surface area contributed by atoms with Crippen molar-refractivity contribution in [3.8, 4) is 11.1 Å². The number of rotatable bonds is 8. The Morgan fingerprint density at radius 2 is 1.53 bits per heavy atom. The van der Waals surface area contributed by atoms with Crippen LogP contribution in [0, 0.1) is 5.92 Å². The van der Waals surface area contributed by atoms with Crippen molar-refractivity contribution < 1.29 is 14.3 Å². The summed E-state index contributed by atoms with van der Waals surface area (Å²) < 4.78 is 4.71. The summed E-state index contributed by atoms with van der Waals surface area (Å²) in [5.41, 5.74) is 12.2. The zero-order chi connectivity index (χ0) is 27.1. The summed E-state index contributed by atoms with van der Waals surface area (Å²) >= 11 is 0. The van der Waals surface area contributed by atoms with Gasteiger partial charge in [0.15, 0.2) is 0 Å². The van der Waals surface area contributed by atoms with E-state index in [2.05, 4.69) is 53.4 Å². The first-order valence-electron chi connectivity index (χ1n) is 13.1. The van der Waals surface area contributed by atoms with Crippen molar-refractivity contribution in [2.45, 2.75) is 38.3 Å². The van der Waals surface area contributed by atoms with E-state index in [0.717, 1.165) is 59.3 Å². The quantitative estimate of drug-likeness (QED) is 0.312. The number of carbonyl (C=O) groups excluding carboxylic acids is 2. The minimum Gasteiger partial charge on any atom is -0.466 e. The number of amides is 1. The molecule has 0 radical (unpaired) electrons. The number of nitrogens with zero attached hydrogens (tertiary/aromatic N) is 2. The molecule has 3 aromatic rings. The third kappa shape index (κ3) is 6.90. The predicted molar refractivity (Wildman–Crippen MR) is 155 cm³/mol. The van der Waals surface area contributed by atoms with Crippen molar-refractivity contribution in [2.75, 3.05) is 31.0 Å². The number of hydrogen-bond acceptors (Lipinski definition) is 5. The van der Waals surface area contributed by atoms with E-state index in [1.807, 2.05) is 43.3 Å². The Hall–Kier alpha value is -3.90. The molecule has 38 heavy (non-hydrogen) atoms. The number of anilines is 2. The normalized spacial score (nSPS) is 17.3. The average Bonchev–Trinajstić information content (AvgIpc) is 2.95. The molecule has 1 aliphatic rings. The summed E-state index contributed by atoms with van der Waals surface area (Å²) in [7, 11) is 5.41. The number of nitrogens with two attached hydrogens (primary N) is 1. The molecule has 198 valence electrons. The highest BCUT2D eigenvalue weighted by molar-refractivity contribution is 5.95. The molecule has 4 rings (SSSR count). The number of carbonyl (C=O) groups is 2. The van der Waals surface area contributed by atoms with Crippen LogP contribution < -0.4 is 15.5 Å². The first kappa shape index (κ1) is 27.1. The van der Waals surface area contributed by atoms with Crippen molar-refractivity contribution in [3.05, 3.63) is 90.0 Å². The van der Waals surface area contributed by atoms with Gasteiger partial charge in [-0.25, -0.2) is 4.79 Å². The Kier molecular flexibility index (Phi) is 8.98. The zero-order valence-corrected chi connectivity index (χ0v) is 22.5. The summed E-state index contributed by atoms with van der Waals surface area (Å²) in [4.78, 5) is 29.3. The summed E-state index contributed by atoms with van der Waals surface area (Å²) in [6, 6.07) is 24.8. The van der Waals surface area contributed by atoms with Crippen molar-refractivity contribution in [1.29, 1.82) is 0 Å². The molecule has 6 nitrogen and oxygen atoms in total. The maximum Gasteiger partial charge on any atom is 0.330 e. The lowest BCUT2D eigenvalue weighted by atomic mass is 9.85. The second-order valence-electron chi connectivity index (χ2n) is 10.1. The van der Waals surface area contributed by atoms with Crippen LogP contribution in [0.5, 0.6) is 0 Å². The second kappa shape index (κ2) is 12.6. The van der Waals surface area contributed by atoms with E-state index < -0.39 is 5.97 Å². The van der Waals surface area contributed by atoms with Gasteiger partial charge in [-0.1, -0.05) is 48.5 Å². The highest BCUT2D eigenvalue weighted by atomic mass is 16.5. The third-order valence-corrected chi connectivity index (χ3v) is 7.19. The Morgan fingerprint density at radius 1 is 0.895 bits per heavy atom. The minimum atomic E-state index is -0.418. The molecule has 0 atom stereocenters. The van der Waals surface area contributed by atoms with E-state index in [0.29, 0.717) is 6.54 Å². The highest BCUT2D eigenvalue weighted by Crippen LogP contribution is 2.30. The summed E-state index contributed by atoms with van der Waals surface area (Å²) in [6.07, 6.45) is 6.44. The fourth-order valence-electron chi connectivity index (χ4n) is 4.85. The van der Waals surface area contributed by atoms with Gasteiger partial charge in [0.05, 0.1) is 13.7 Å². The average molecular weight is 512 g/mol. The van der Waals surface area contributed by atoms with E-state index >= 15 is 0 Å². The molecule has 0 spiro atoms. The SMILES string of the molecule is COC(=O)/C=C/c1cccc(N(Cc2ccc(-c3ccc(N(C)C)cc3)cc2)C(=O)[C@H]2CC[C@H](N)CC2)c1. The zero-order valence-electron chi connectivity index (χ0n) is 22.5. The van der Waals surface area contributed by atoms with Gasteiger partial charge in [-0.05, 0) is 78.3 Å². The summed E-state index contributed by atoms with van der Waals surface area (Å²) in [5, 5.41) is 0. The molecular formula is C32H37N3O3. The van der Waals surface area contributed by atoms with Crippen LogP contribution in [0.1, 0.15) is 36.8 Å². The lowest BCUT2D eigenvalue weighted by Gasteiger charge is -2.31. The molecule has 0 unspecified atom stereocenters. The lowest BCUT2D eigenvalue weighted by molar-refractivity contribution is -0.134. The van der Waals surface area contributed by atoms with Gasteiger partial charge >= 0.3 is 5.97 Å². The van der Waals surface area contributed by atoms with E-state index in [-0.39, 0.29) is 17.9 Å². The number of methoxy groups -OCH3 is 1. The topological polar surface area (TPSA) is 75.9 Å². The molecule has 1 aliphatic carbocycles. The van der Waals surface area contributed by atoms with Crippen molar-refractivity contribution in [3.63, 3.8) is 0 Å². The molecule has 2 N–H and O–H groups in total.